The lowest BCUT2D eigenvalue weighted by atomic mass is 9.68. The van der Waals surface area contributed by atoms with Crippen LogP contribution in [0.3, 0.4) is 0 Å². The van der Waals surface area contributed by atoms with Gasteiger partial charge < -0.3 is 4.42 Å². The van der Waals surface area contributed by atoms with Crippen LogP contribution in [0.4, 0.5) is 0 Å². The Labute approximate surface area is 398 Å². The average molecular weight is 869 g/mol. The van der Waals surface area contributed by atoms with Gasteiger partial charge in [-0.3, -0.25) is 0 Å². The molecule has 3 aliphatic rings. The molecule has 2 unspecified atom stereocenters. The van der Waals surface area contributed by atoms with Crippen molar-refractivity contribution in [2.45, 2.75) is 43.4 Å². The zero-order valence-electron chi connectivity index (χ0n) is 38.3. The van der Waals surface area contributed by atoms with Crippen molar-refractivity contribution < 1.29 is 4.42 Å². The lowest BCUT2D eigenvalue weighted by molar-refractivity contribution is 0.657. The third kappa shape index (κ3) is 5.45. The van der Waals surface area contributed by atoms with E-state index in [-0.39, 0.29) is 11.3 Å². The maximum absolute atomic E-state index is 6.90. The van der Waals surface area contributed by atoms with Gasteiger partial charge in [-0.1, -0.05) is 232 Å². The second-order valence-electron chi connectivity index (χ2n) is 19.7. The highest BCUT2D eigenvalue weighted by atomic mass is 16.3. The van der Waals surface area contributed by atoms with Gasteiger partial charge in [0.1, 0.15) is 11.2 Å². The summed E-state index contributed by atoms with van der Waals surface area (Å²) in [5.41, 5.74) is 26.3. The molecule has 0 fully saturated rings. The number of para-hydroxylation sites is 1. The van der Waals surface area contributed by atoms with Crippen molar-refractivity contribution in [2.24, 2.45) is 0 Å². The Kier molecular flexibility index (Phi) is 8.50. The molecule has 0 bridgehead atoms. The van der Waals surface area contributed by atoms with Gasteiger partial charge in [-0.05, 0) is 119 Å². The molecule has 322 valence electrons. The van der Waals surface area contributed by atoms with Crippen LogP contribution in [0.5, 0.6) is 0 Å². The number of rotatable bonds is 7. The number of furan rings is 1. The Balaban J connectivity index is 0.962. The summed E-state index contributed by atoms with van der Waals surface area (Å²) < 4.78 is 6.90. The van der Waals surface area contributed by atoms with Crippen LogP contribution in [0, 0.1) is 0 Å². The van der Waals surface area contributed by atoms with E-state index in [0.29, 0.717) is 0 Å². The minimum Gasteiger partial charge on any atom is -0.455 e. The lowest BCUT2D eigenvalue weighted by Crippen LogP contribution is -2.26. The second-order valence-corrected chi connectivity index (χ2v) is 19.7. The molecule has 3 aliphatic carbocycles. The largest absolute Gasteiger partial charge is 0.455 e. The molecule has 68 heavy (non-hydrogen) atoms. The summed E-state index contributed by atoms with van der Waals surface area (Å²) in [6, 6.07) is 84.3. The van der Waals surface area contributed by atoms with Gasteiger partial charge in [-0.15, -0.1) is 0 Å². The maximum atomic E-state index is 6.90. The molecule has 1 nitrogen and oxygen atoms in total. The summed E-state index contributed by atoms with van der Waals surface area (Å²) in [5.74, 6) is 0.128. The third-order valence-corrected chi connectivity index (χ3v) is 16.0. The van der Waals surface area contributed by atoms with Gasteiger partial charge in [0.15, 0.2) is 0 Å². The van der Waals surface area contributed by atoms with E-state index in [9.17, 15) is 0 Å². The highest BCUT2D eigenvalue weighted by Gasteiger charge is 2.53. The zero-order chi connectivity index (χ0) is 45.1. The predicted octanol–water partition coefficient (Wildman–Crippen LogP) is 17.3. The monoisotopic (exact) mass is 868 g/mol. The molecule has 0 amide bonds. The van der Waals surface area contributed by atoms with Crippen molar-refractivity contribution >= 4 is 21.9 Å². The minimum absolute atomic E-state index is 0.0455. The Morgan fingerprint density at radius 2 is 1.00 bits per heavy atom. The summed E-state index contributed by atoms with van der Waals surface area (Å²) in [7, 11) is 0. The van der Waals surface area contributed by atoms with Gasteiger partial charge in [0, 0.05) is 27.7 Å². The molecular formula is C67H48O. The molecule has 11 aromatic rings. The standard InChI is InChI=1S/C67H48O/c1-66(2)57-27-12-8-21-49(57)51-38-32-42(41-61(51)66)31-37-46(45-35-33-44(34-36-45)43-17-4-3-5-18-43)47-19-6-7-20-48(47)53-25-16-26-54-50-22-9-13-28-58(50)67(64(53)54)59-29-14-10-24-56(59)63-60(67)40-39-55-52-23-11-15-30-62(52)68-65(55)63/h3-30,32-36,38-41,46H,31,37H2,1-2H3. The minimum atomic E-state index is -0.559. The van der Waals surface area contributed by atoms with Crippen LogP contribution < -0.4 is 0 Å². The fourth-order valence-electron chi connectivity index (χ4n) is 13.0. The zero-order valence-corrected chi connectivity index (χ0v) is 38.3. The summed E-state index contributed by atoms with van der Waals surface area (Å²) in [6.45, 7) is 4.78. The molecule has 0 N–H and O–H groups in total. The number of hydrogen-bond acceptors (Lipinski definition) is 1. The van der Waals surface area contributed by atoms with E-state index in [2.05, 4.69) is 238 Å². The van der Waals surface area contributed by atoms with Crippen molar-refractivity contribution in [1.82, 2.24) is 0 Å². The molecule has 0 saturated carbocycles. The van der Waals surface area contributed by atoms with Gasteiger partial charge in [0.05, 0.1) is 5.41 Å². The van der Waals surface area contributed by atoms with Crippen molar-refractivity contribution in [3.05, 3.63) is 275 Å². The number of hydrogen-bond donors (Lipinski definition) is 0. The molecule has 1 aromatic heterocycles. The van der Waals surface area contributed by atoms with Gasteiger partial charge in [0.2, 0.25) is 0 Å². The number of benzene rings is 10. The summed E-state index contributed by atoms with van der Waals surface area (Å²) in [6.07, 6.45) is 1.92. The molecule has 1 heteroatoms. The van der Waals surface area contributed by atoms with Crippen LogP contribution in [0.25, 0.3) is 77.6 Å². The maximum Gasteiger partial charge on any atom is 0.143 e. The predicted molar refractivity (Wildman–Crippen MR) is 282 cm³/mol. The van der Waals surface area contributed by atoms with Crippen LogP contribution in [0.15, 0.2) is 229 Å². The molecular weight excluding hydrogens is 821 g/mol. The summed E-state index contributed by atoms with van der Waals surface area (Å²) in [5, 5.41) is 2.32. The molecule has 14 rings (SSSR count). The summed E-state index contributed by atoms with van der Waals surface area (Å²) >= 11 is 0. The van der Waals surface area contributed by atoms with Crippen LogP contribution in [0.2, 0.25) is 0 Å². The SMILES string of the molecule is CC1(C)c2ccccc2-c2ccc(CCC(c3ccc(-c4ccccc4)cc3)c3ccccc3-c3cccc4c3C3(c5ccccc5-4)c4ccccc4-c4c3ccc3c4oc4ccccc43)cc21. The van der Waals surface area contributed by atoms with E-state index in [1.54, 1.807) is 0 Å². The second kappa shape index (κ2) is 14.8. The van der Waals surface area contributed by atoms with Crippen LogP contribution in [0.1, 0.15) is 76.3 Å². The van der Waals surface area contributed by atoms with E-state index in [1.165, 1.54) is 106 Å². The van der Waals surface area contributed by atoms with Gasteiger partial charge in [0.25, 0.3) is 0 Å². The Hall–Kier alpha value is -8.00. The number of aryl methyl sites for hydroxylation is 1. The molecule has 1 spiro atoms. The first kappa shape index (κ1) is 39.2. The highest BCUT2D eigenvalue weighted by molar-refractivity contribution is 6.13. The topological polar surface area (TPSA) is 13.1 Å². The molecule has 0 aliphatic heterocycles. The van der Waals surface area contributed by atoms with Crippen molar-refractivity contribution in [3.8, 4) is 55.6 Å². The van der Waals surface area contributed by atoms with Gasteiger partial charge in [-0.2, -0.15) is 0 Å². The van der Waals surface area contributed by atoms with E-state index in [0.717, 1.165) is 34.8 Å². The van der Waals surface area contributed by atoms with E-state index in [1.807, 2.05) is 0 Å². The van der Waals surface area contributed by atoms with Crippen molar-refractivity contribution in [1.29, 1.82) is 0 Å². The molecule has 0 radical (unpaired) electrons. The van der Waals surface area contributed by atoms with Crippen LogP contribution in [-0.2, 0) is 17.3 Å². The quantitative estimate of drug-likeness (QED) is 0.156. The normalized spacial score (nSPS) is 16.0. The first-order chi connectivity index (χ1) is 33.5. The Morgan fingerprint density at radius 3 is 1.79 bits per heavy atom. The molecule has 10 aromatic carbocycles. The van der Waals surface area contributed by atoms with Crippen LogP contribution >= 0.6 is 0 Å². The van der Waals surface area contributed by atoms with Crippen LogP contribution in [-0.4, -0.2) is 0 Å². The number of fused-ring (bicyclic) bond motifs is 17. The first-order valence-corrected chi connectivity index (χ1v) is 24.3. The lowest BCUT2D eigenvalue weighted by Gasteiger charge is -2.33. The molecule has 1 heterocycles. The highest BCUT2D eigenvalue weighted by Crippen LogP contribution is 2.66. The van der Waals surface area contributed by atoms with Gasteiger partial charge in [-0.25, -0.2) is 0 Å². The van der Waals surface area contributed by atoms with Crippen molar-refractivity contribution in [3.63, 3.8) is 0 Å². The fraction of sp³-hybridized carbons (Fsp3) is 0.104. The Morgan fingerprint density at radius 1 is 0.412 bits per heavy atom. The fourth-order valence-corrected chi connectivity index (χ4v) is 13.0. The Bertz CT molecular complexity index is 3830. The van der Waals surface area contributed by atoms with E-state index in [4.69, 9.17) is 4.42 Å². The van der Waals surface area contributed by atoms with E-state index < -0.39 is 5.41 Å². The summed E-state index contributed by atoms with van der Waals surface area (Å²) in [4.78, 5) is 0. The first-order valence-electron chi connectivity index (χ1n) is 24.3. The molecule has 2 atom stereocenters. The van der Waals surface area contributed by atoms with E-state index >= 15 is 0 Å². The third-order valence-electron chi connectivity index (χ3n) is 16.0. The van der Waals surface area contributed by atoms with Crippen molar-refractivity contribution in [2.75, 3.05) is 0 Å². The smallest absolute Gasteiger partial charge is 0.143 e. The average Bonchev–Trinajstić information content (AvgIpc) is 4.09. The molecule has 0 saturated heterocycles. The van der Waals surface area contributed by atoms with Gasteiger partial charge >= 0.3 is 0 Å².